The number of para-hydroxylation sites is 1. The quantitative estimate of drug-likeness (QED) is 0.428. The number of nitrogens with one attached hydrogen (secondary N) is 1. The molecule has 31 heavy (non-hydrogen) atoms. The zero-order valence-electron chi connectivity index (χ0n) is 16.4. The van der Waals surface area contributed by atoms with Crippen molar-refractivity contribution in [3.05, 3.63) is 71.0 Å². The van der Waals surface area contributed by atoms with E-state index >= 15 is 0 Å². The van der Waals surface area contributed by atoms with Gasteiger partial charge in [-0.05, 0) is 55.7 Å². The fourth-order valence-corrected chi connectivity index (χ4v) is 5.31. The smallest absolute Gasteiger partial charge is 0.236 e. The van der Waals surface area contributed by atoms with Crippen molar-refractivity contribution >= 4 is 34.1 Å². The number of benzene rings is 2. The first kappa shape index (κ1) is 19.9. The molecular weight excluding hydrogens is 433 g/mol. The minimum atomic E-state index is -0.311. The molecular formula is C22H18FN5OS2. The normalized spacial score (nSPS) is 12.7. The number of aryl methyl sites for hydroxylation is 2. The third-order valence-corrected chi connectivity index (χ3v) is 6.93. The van der Waals surface area contributed by atoms with Gasteiger partial charge in [0.15, 0.2) is 16.1 Å². The lowest BCUT2D eigenvalue weighted by Crippen LogP contribution is -2.14. The standard InChI is InChI=1S/C22H18FN5OS2/c23-15-11-9-14(10-12-15)20-26-27-22(28(20)16-5-2-1-3-6-16)30-13-19(29)25-21-24-17-7-4-8-18(17)31-21/h1-3,5-6,9-12H,4,7-8,13H2,(H,24,25,29). The van der Waals surface area contributed by atoms with Gasteiger partial charge in [-0.15, -0.1) is 21.5 Å². The number of thiazole rings is 1. The molecule has 0 aliphatic heterocycles. The van der Waals surface area contributed by atoms with Gasteiger partial charge in [-0.2, -0.15) is 0 Å². The fourth-order valence-electron chi connectivity index (χ4n) is 3.49. The number of amides is 1. The largest absolute Gasteiger partial charge is 0.301 e. The van der Waals surface area contributed by atoms with E-state index in [9.17, 15) is 9.18 Å². The molecule has 5 rings (SSSR count). The number of anilines is 1. The molecule has 2 heterocycles. The molecule has 2 aromatic carbocycles. The van der Waals surface area contributed by atoms with Gasteiger partial charge in [0.2, 0.25) is 5.91 Å². The monoisotopic (exact) mass is 451 g/mol. The highest BCUT2D eigenvalue weighted by atomic mass is 32.2. The van der Waals surface area contributed by atoms with Gasteiger partial charge in [-0.25, -0.2) is 9.37 Å². The molecule has 0 saturated heterocycles. The van der Waals surface area contributed by atoms with Crippen LogP contribution in [0.4, 0.5) is 9.52 Å². The van der Waals surface area contributed by atoms with E-state index in [0.717, 1.165) is 36.2 Å². The predicted octanol–water partition coefficient (Wildman–Crippen LogP) is 4.75. The Hall–Kier alpha value is -3.04. The van der Waals surface area contributed by atoms with Crippen molar-refractivity contribution in [1.29, 1.82) is 0 Å². The molecule has 4 aromatic rings. The first-order valence-electron chi connectivity index (χ1n) is 9.85. The Morgan fingerprint density at radius 3 is 2.68 bits per heavy atom. The Morgan fingerprint density at radius 1 is 1.10 bits per heavy atom. The molecule has 0 atom stereocenters. The van der Waals surface area contributed by atoms with Gasteiger partial charge in [-0.3, -0.25) is 9.36 Å². The molecule has 0 bridgehead atoms. The lowest BCUT2D eigenvalue weighted by atomic mass is 10.2. The van der Waals surface area contributed by atoms with Crippen molar-refractivity contribution < 1.29 is 9.18 Å². The number of halogens is 1. The minimum Gasteiger partial charge on any atom is -0.301 e. The van der Waals surface area contributed by atoms with Crippen LogP contribution in [0.3, 0.4) is 0 Å². The number of aromatic nitrogens is 4. The summed E-state index contributed by atoms with van der Waals surface area (Å²) in [6.45, 7) is 0. The Kier molecular flexibility index (Phi) is 5.52. The molecule has 9 heteroatoms. The van der Waals surface area contributed by atoms with Crippen molar-refractivity contribution in [2.45, 2.75) is 24.4 Å². The number of hydrogen-bond donors (Lipinski definition) is 1. The summed E-state index contributed by atoms with van der Waals surface area (Å²) >= 11 is 2.86. The van der Waals surface area contributed by atoms with Crippen molar-refractivity contribution in [3.63, 3.8) is 0 Å². The molecule has 6 nitrogen and oxygen atoms in total. The van der Waals surface area contributed by atoms with Gasteiger partial charge in [0.25, 0.3) is 0 Å². The van der Waals surface area contributed by atoms with E-state index in [-0.39, 0.29) is 17.5 Å². The molecule has 0 saturated carbocycles. The summed E-state index contributed by atoms with van der Waals surface area (Å²) in [5.41, 5.74) is 2.72. The second-order valence-corrected chi connectivity index (χ2v) is 9.09. The van der Waals surface area contributed by atoms with Crippen molar-refractivity contribution in [2.24, 2.45) is 0 Å². The van der Waals surface area contributed by atoms with Crippen LogP contribution in [0.5, 0.6) is 0 Å². The van der Waals surface area contributed by atoms with Crippen molar-refractivity contribution in [2.75, 3.05) is 11.1 Å². The second kappa shape index (κ2) is 8.60. The van der Waals surface area contributed by atoms with E-state index in [0.29, 0.717) is 16.1 Å². The Morgan fingerprint density at radius 2 is 1.90 bits per heavy atom. The molecule has 1 amide bonds. The summed E-state index contributed by atoms with van der Waals surface area (Å²) in [4.78, 5) is 18.3. The van der Waals surface area contributed by atoms with Gasteiger partial charge in [0, 0.05) is 16.1 Å². The minimum absolute atomic E-state index is 0.136. The molecule has 0 spiro atoms. The summed E-state index contributed by atoms with van der Waals surface area (Å²) in [5, 5.41) is 12.8. The number of fused-ring (bicyclic) bond motifs is 1. The van der Waals surface area contributed by atoms with Crippen LogP contribution in [-0.2, 0) is 17.6 Å². The molecule has 156 valence electrons. The van der Waals surface area contributed by atoms with E-state index in [1.807, 2.05) is 34.9 Å². The van der Waals surface area contributed by atoms with Crippen molar-refractivity contribution in [1.82, 2.24) is 19.7 Å². The fraction of sp³-hybridized carbons (Fsp3) is 0.182. The van der Waals surface area contributed by atoms with Crippen LogP contribution in [0.15, 0.2) is 59.8 Å². The third-order valence-electron chi connectivity index (χ3n) is 4.92. The summed E-state index contributed by atoms with van der Waals surface area (Å²) in [5.74, 6) is 0.321. The number of thioether (sulfide) groups is 1. The van der Waals surface area contributed by atoms with Crippen LogP contribution >= 0.6 is 23.1 Å². The van der Waals surface area contributed by atoms with E-state index in [1.54, 1.807) is 23.5 Å². The maximum Gasteiger partial charge on any atom is 0.236 e. The van der Waals surface area contributed by atoms with Gasteiger partial charge in [0.05, 0.1) is 11.4 Å². The van der Waals surface area contributed by atoms with Crippen LogP contribution < -0.4 is 5.32 Å². The zero-order valence-corrected chi connectivity index (χ0v) is 18.0. The first-order chi connectivity index (χ1) is 15.2. The number of carbonyl (C=O) groups is 1. The number of rotatable bonds is 6. The number of nitrogens with zero attached hydrogens (tertiary/aromatic N) is 4. The first-order valence-corrected chi connectivity index (χ1v) is 11.7. The Bertz CT molecular complexity index is 1200. The van der Waals surface area contributed by atoms with E-state index in [1.165, 1.54) is 28.8 Å². The van der Waals surface area contributed by atoms with Gasteiger partial charge in [0.1, 0.15) is 5.82 Å². The van der Waals surface area contributed by atoms with Gasteiger partial charge < -0.3 is 5.32 Å². The topological polar surface area (TPSA) is 72.7 Å². The molecule has 1 N–H and O–H groups in total. The van der Waals surface area contributed by atoms with Crippen LogP contribution in [-0.4, -0.2) is 31.4 Å². The molecule has 2 aromatic heterocycles. The molecule has 1 aliphatic rings. The maximum atomic E-state index is 13.4. The van der Waals surface area contributed by atoms with Crippen LogP contribution in [0.1, 0.15) is 17.0 Å². The number of hydrogen-bond acceptors (Lipinski definition) is 6. The van der Waals surface area contributed by atoms with Crippen molar-refractivity contribution in [3.8, 4) is 17.1 Å². The van der Waals surface area contributed by atoms with Crippen LogP contribution in [0, 0.1) is 5.82 Å². The summed E-state index contributed by atoms with van der Waals surface area (Å²) in [6.07, 6.45) is 3.18. The van der Waals surface area contributed by atoms with E-state index in [4.69, 9.17) is 0 Å². The highest BCUT2D eigenvalue weighted by Gasteiger charge is 2.20. The molecule has 1 aliphatic carbocycles. The highest BCUT2D eigenvalue weighted by molar-refractivity contribution is 7.99. The summed E-state index contributed by atoms with van der Waals surface area (Å²) in [6, 6.07) is 15.8. The molecule has 0 unspecified atom stereocenters. The summed E-state index contributed by atoms with van der Waals surface area (Å²) in [7, 11) is 0. The molecule has 0 fully saturated rings. The van der Waals surface area contributed by atoms with Gasteiger partial charge in [-0.1, -0.05) is 30.0 Å². The van der Waals surface area contributed by atoms with Gasteiger partial charge >= 0.3 is 0 Å². The van der Waals surface area contributed by atoms with Crippen LogP contribution in [0.25, 0.3) is 17.1 Å². The average Bonchev–Trinajstić information content (AvgIpc) is 3.48. The maximum absolute atomic E-state index is 13.4. The average molecular weight is 452 g/mol. The lowest BCUT2D eigenvalue weighted by Gasteiger charge is -2.10. The van der Waals surface area contributed by atoms with E-state index < -0.39 is 0 Å². The predicted molar refractivity (Wildman–Crippen MR) is 120 cm³/mol. The molecule has 0 radical (unpaired) electrons. The third kappa shape index (κ3) is 4.24. The number of carbonyl (C=O) groups excluding carboxylic acids is 1. The highest BCUT2D eigenvalue weighted by Crippen LogP contribution is 2.31. The lowest BCUT2D eigenvalue weighted by molar-refractivity contribution is -0.113. The van der Waals surface area contributed by atoms with E-state index in [2.05, 4.69) is 20.5 Å². The van der Waals surface area contributed by atoms with Crippen LogP contribution in [0.2, 0.25) is 0 Å². The SMILES string of the molecule is O=C(CSc1nnc(-c2ccc(F)cc2)n1-c1ccccc1)Nc1nc2c(s1)CCC2. The Balaban J connectivity index is 1.37. The summed E-state index contributed by atoms with van der Waals surface area (Å²) < 4.78 is 15.3. The second-order valence-electron chi connectivity index (χ2n) is 7.06. The Labute approximate surface area is 186 Å². The zero-order chi connectivity index (χ0) is 21.2.